The van der Waals surface area contributed by atoms with Crippen molar-refractivity contribution in [1.82, 2.24) is 9.80 Å². The number of halogens is 1. The van der Waals surface area contributed by atoms with Crippen molar-refractivity contribution in [2.24, 2.45) is 0 Å². The summed E-state index contributed by atoms with van der Waals surface area (Å²) in [4.78, 5) is 40.2. The number of nitrogens with one attached hydrogen (secondary N) is 1. The van der Waals surface area contributed by atoms with Crippen LogP contribution in [-0.4, -0.2) is 46.8 Å². The number of nitrogens with zero attached hydrogens (tertiary/aromatic N) is 2. The van der Waals surface area contributed by atoms with Crippen LogP contribution in [0.2, 0.25) is 0 Å². The van der Waals surface area contributed by atoms with Crippen molar-refractivity contribution in [2.45, 2.75) is 37.6 Å². The Bertz CT molecular complexity index is 668. The molecule has 2 aliphatic rings. The van der Waals surface area contributed by atoms with Gasteiger partial charge in [-0.1, -0.05) is 19.3 Å². The third kappa shape index (κ3) is 3.01. The molecule has 24 heavy (non-hydrogen) atoms. The van der Waals surface area contributed by atoms with E-state index in [1.165, 1.54) is 4.90 Å². The van der Waals surface area contributed by atoms with Crippen LogP contribution in [0.5, 0.6) is 0 Å². The molecule has 1 spiro atoms. The van der Waals surface area contributed by atoms with Crippen molar-refractivity contribution < 1.29 is 14.4 Å². The summed E-state index contributed by atoms with van der Waals surface area (Å²) in [6.45, 7) is -0.240. The van der Waals surface area contributed by atoms with Crippen molar-refractivity contribution in [3.05, 3.63) is 27.8 Å². The topological polar surface area (TPSA) is 69.7 Å². The van der Waals surface area contributed by atoms with Gasteiger partial charge in [-0.2, -0.15) is 0 Å². The van der Waals surface area contributed by atoms with Gasteiger partial charge in [0.1, 0.15) is 12.1 Å². The summed E-state index contributed by atoms with van der Waals surface area (Å²) >= 11 is 2.18. The second-order valence-electron chi connectivity index (χ2n) is 6.38. The van der Waals surface area contributed by atoms with Gasteiger partial charge in [0, 0.05) is 16.3 Å². The zero-order valence-corrected chi connectivity index (χ0v) is 15.7. The first-order valence-corrected chi connectivity index (χ1v) is 9.17. The Hall–Kier alpha value is -1.64. The zero-order chi connectivity index (χ0) is 17.3. The molecule has 1 N–H and O–H groups in total. The Balaban J connectivity index is 1.70. The van der Waals surface area contributed by atoms with Crippen LogP contribution in [-0.2, 0) is 9.59 Å². The van der Waals surface area contributed by atoms with Gasteiger partial charge in [-0.3, -0.25) is 14.5 Å². The van der Waals surface area contributed by atoms with Crippen molar-refractivity contribution in [3.8, 4) is 0 Å². The van der Waals surface area contributed by atoms with Crippen LogP contribution in [0, 0.1) is 3.57 Å². The lowest BCUT2D eigenvalue weighted by molar-refractivity contribution is -0.136. The van der Waals surface area contributed by atoms with E-state index in [-0.39, 0.29) is 24.4 Å². The first-order valence-electron chi connectivity index (χ1n) is 8.09. The molecular weight excluding hydrogens is 421 g/mol. The molecule has 2 fully saturated rings. The minimum atomic E-state index is -0.738. The molecule has 1 heterocycles. The molecule has 1 aromatic carbocycles. The maximum absolute atomic E-state index is 12.8. The van der Waals surface area contributed by atoms with Gasteiger partial charge in [-0.25, -0.2) is 4.79 Å². The molecular formula is C17H20IN3O3. The number of hydrogen-bond donors (Lipinski definition) is 1. The van der Waals surface area contributed by atoms with Gasteiger partial charge in [-0.15, -0.1) is 0 Å². The van der Waals surface area contributed by atoms with Crippen molar-refractivity contribution in [1.29, 1.82) is 0 Å². The number of imide groups is 1. The van der Waals surface area contributed by atoms with Gasteiger partial charge in [0.15, 0.2) is 0 Å². The molecule has 7 heteroatoms. The van der Waals surface area contributed by atoms with Crippen molar-refractivity contribution in [3.63, 3.8) is 0 Å². The van der Waals surface area contributed by atoms with Crippen LogP contribution < -0.4 is 5.32 Å². The number of carbonyl (C=O) groups excluding carboxylic acids is 3. The van der Waals surface area contributed by atoms with Crippen LogP contribution in [0.4, 0.5) is 10.5 Å². The van der Waals surface area contributed by atoms with Crippen molar-refractivity contribution in [2.75, 3.05) is 18.9 Å². The standard InChI is InChI=1S/C17H20IN3O3/c1-20-16(24)21(15(23)17(20)9-3-2-4-10-17)11-14(22)19-13-7-5-12(18)6-8-13/h5-8H,2-4,9-11H2,1H3,(H,19,22). The summed E-state index contributed by atoms with van der Waals surface area (Å²) < 4.78 is 1.07. The molecule has 0 bridgehead atoms. The number of rotatable bonds is 3. The fraction of sp³-hybridized carbons (Fsp3) is 0.471. The maximum Gasteiger partial charge on any atom is 0.327 e. The van der Waals surface area contributed by atoms with Crippen LogP contribution in [0.1, 0.15) is 32.1 Å². The normalized spacial score (nSPS) is 19.9. The highest BCUT2D eigenvalue weighted by atomic mass is 127. The van der Waals surface area contributed by atoms with Gasteiger partial charge >= 0.3 is 6.03 Å². The van der Waals surface area contributed by atoms with E-state index in [0.29, 0.717) is 18.5 Å². The fourth-order valence-electron chi connectivity index (χ4n) is 3.55. The van der Waals surface area contributed by atoms with E-state index in [4.69, 9.17) is 0 Å². The smallest absolute Gasteiger partial charge is 0.325 e. The third-order valence-electron chi connectivity index (χ3n) is 4.91. The summed E-state index contributed by atoms with van der Waals surface area (Å²) in [6.07, 6.45) is 4.33. The Kier molecular flexibility index (Phi) is 4.80. The third-order valence-corrected chi connectivity index (χ3v) is 5.63. The molecule has 1 saturated carbocycles. The fourth-order valence-corrected chi connectivity index (χ4v) is 3.91. The molecule has 1 saturated heterocycles. The van der Waals surface area contributed by atoms with Crippen LogP contribution >= 0.6 is 22.6 Å². The maximum atomic E-state index is 12.8. The Labute approximate surface area is 154 Å². The van der Waals surface area contributed by atoms with E-state index >= 15 is 0 Å². The monoisotopic (exact) mass is 441 g/mol. The number of carbonyl (C=O) groups is 3. The highest BCUT2D eigenvalue weighted by Crippen LogP contribution is 2.39. The van der Waals surface area contributed by atoms with E-state index in [2.05, 4.69) is 27.9 Å². The highest BCUT2D eigenvalue weighted by molar-refractivity contribution is 14.1. The Morgan fingerprint density at radius 2 is 1.79 bits per heavy atom. The molecule has 3 rings (SSSR count). The van der Waals surface area contributed by atoms with Crippen molar-refractivity contribution >= 4 is 46.1 Å². The molecule has 0 atom stereocenters. The number of urea groups is 1. The molecule has 1 aliphatic carbocycles. The van der Waals surface area contributed by atoms with E-state index in [1.54, 1.807) is 19.2 Å². The van der Waals surface area contributed by atoms with Crippen LogP contribution in [0.25, 0.3) is 0 Å². The van der Waals surface area contributed by atoms with Gasteiger partial charge < -0.3 is 10.2 Å². The molecule has 0 aromatic heterocycles. The number of amides is 4. The van der Waals surface area contributed by atoms with E-state index < -0.39 is 5.54 Å². The summed E-state index contributed by atoms with van der Waals surface area (Å²) in [7, 11) is 1.67. The first-order chi connectivity index (χ1) is 11.4. The molecule has 0 unspecified atom stereocenters. The molecule has 1 aliphatic heterocycles. The van der Waals surface area contributed by atoms with E-state index in [0.717, 1.165) is 27.7 Å². The lowest BCUT2D eigenvalue weighted by Gasteiger charge is -2.35. The first kappa shape index (κ1) is 17.2. The van der Waals surface area contributed by atoms with Gasteiger partial charge in [0.2, 0.25) is 5.91 Å². The summed E-state index contributed by atoms with van der Waals surface area (Å²) in [5, 5.41) is 2.74. The van der Waals surface area contributed by atoms with E-state index in [9.17, 15) is 14.4 Å². The lowest BCUT2D eigenvalue weighted by atomic mass is 9.81. The number of benzene rings is 1. The zero-order valence-electron chi connectivity index (χ0n) is 13.5. The average Bonchev–Trinajstić information content (AvgIpc) is 2.74. The summed E-state index contributed by atoms with van der Waals surface area (Å²) in [5.41, 5.74) is -0.0846. The van der Waals surface area contributed by atoms with Crippen LogP contribution in [0.15, 0.2) is 24.3 Å². The highest BCUT2D eigenvalue weighted by Gasteiger charge is 2.55. The minimum absolute atomic E-state index is 0.229. The SMILES string of the molecule is CN1C(=O)N(CC(=O)Nc2ccc(I)cc2)C(=O)C12CCCCC2. The number of likely N-dealkylation sites (N-methyl/N-ethyl adjacent to an activating group) is 1. The predicted octanol–water partition coefficient (Wildman–Crippen LogP) is 2.83. The molecule has 0 radical (unpaired) electrons. The van der Waals surface area contributed by atoms with Gasteiger partial charge in [0.05, 0.1) is 0 Å². The van der Waals surface area contributed by atoms with Crippen LogP contribution in [0.3, 0.4) is 0 Å². The quantitative estimate of drug-likeness (QED) is 0.580. The largest absolute Gasteiger partial charge is 0.327 e. The lowest BCUT2D eigenvalue weighted by Crippen LogP contribution is -2.49. The molecule has 1 aromatic rings. The summed E-state index contributed by atoms with van der Waals surface area (Å²) in [6, 6.07) is 6.98. The Morgan fingerprint density at radius 1 is 1.17 bits per heavy atom. The second-order valence-corrected chi connectivity index (χ2v) is 7.63. The average molecular weight is 441 g/mol. The number of anilines is 1. The predicted molar refractivity (Wildman–Crippen MR) is 98.5 cm³/mol. The minimum Gasteiger partial charge on any atom is -0.325 e. The van der Waals surface area contributed by atoms with Gasteiger partial charge in [0.25, 0.3) is 5.91 Å². The molecule has 6 nitrogen and oxygen atoms in total. The Morgan fingerprint density at radius 3 is 2.42 bits per heavy atom. The molecule has 4 amide bonds. The molecule has 128 valence electrons. The number of hydrogen-bond acceptors (Lipinski definition) is 3. The summed E-state index contributed by atoms with van der Waals surface area (Å²) in [5.74, 6) is -0.591. The second kappa shape index (κ2) is 6.70. The van der Waals surface area contributed by atoms with E-state index in [1.807, 2.05) is 12.1 Å². The van der Waals surface area contributed by atoms with Gasteiger partial charge in [-0.05, 0) is 59.7 Å².